The van der Waals surface area contributed by atoms with Crippen molar-refractivity contribution in [3.8, 4) is 17.0 Å². The van der Waals surface area contributed by atoms with Crippen LogP contribution in [-0.2, 0) is 18.3 Å². The third-order valence-corrected chi connectivity index (χ3v) is 8.25. The summed E-state index contributed by atoms with van der Waals surface area (Å²) in [5.74, 6) is -0.307. The second kappa shape index (κ2) is 10.3. The molecule has 4 aromatic rings. The van der Waals surface area contributed by atoms with Gasteiger partial charge in [-0.1, -0.05) is 25.3 Å². The number of methoxy groups -OCH3 is 1. The zero-order chi connectivity index (χ0) is 28.0. The van der Waals surface area contributed by atoms with Crippen molar-refractivity contribution < 1.29 is 24.2 Å². The quantitative estimate of drug-likeness (QED) is 0.280. The van der Waals surface area contributed by atoms with Gasteiger partial charge in [0.1, 0.15) is 5.75 Å². The summed E-state index contributed by atoms with van der Waals surface area (Å²) in [6.45, 7) is 2.46. The van der Waals surface area contributed by atoms with E-state index >= 15 is 0 Å². The van der Waals surface area contributed by atoms with Crippen molar-refractivity contribution in [1.29, 1.82) is 0 Å². The number of allylic oxidation sites excluding steroid dienone is 1. The monoisotopic (exact) mass is 539 g/mol. The molecular formula is C32H33N3O5. The normalized spacial score (nSPS) is 15.2. The molecule has 2 aromatic heterocycles. The van der Waals surface area contributed by atoms with E-state index in [1.807, 2.05) is 29.8 Å². The van der Waals surface area contributed by atoms with Gasteiger partial charge in [0.15, 0.2) is 5.69 Å². The van der Waals surface area contributed by atoms with E-state index < -0.39 is 11.9 Å². The first kappa shape index (κ1) is 25.9. The van der Waals surface area contributed by atoms with Crippen molar-refractivity contribution >= 4 is 34.5 Å². The molecule has 1 aliphatic carbocycles. The number of fused-ring (bicyclic) bond motifs is 5. The van der Waals surface area contributed by atoms with Gasteiger partial charge in [-0.3, -0.25) is 0 Å². The van der Waals surface area contributed by atoms with Gasteiger partial charge in [0, 0.05) is 23.5 Å². The second-order valence-electron chi connectivity index (χ2n) is 10.6. The number of carbonyl (C=O) groups excluding carboxylic acids is 1. The van der Waals surface area contributed by atoms with Crippen LogP contribution < -0.4 is 4.74 Å². The Kier molecular flexibility index (Phi) is 6.70. The molecule has 2 aromatic carbocycles. The Hall–Kier alpha value is -4.33. The van der Waals surface area contributed by atoms with E-state index in [-0.39, 0.29) is 17.9 Å². The molecule has 0 amide bonds. The molecule has 0 saturated heterocycles. The number of nitrogens with zero attached hydrogens (tertiary/aromatic N) is 3. The first-order valence-electron chi connectivity index (χ1n) is 13.9. The molecule has 0 spiro atoms. The van der Waals surface area contributed by atoms with Crippen molar-refractivity contribution in [3.05, 3.63) is 70.8 Å². The summed E-state index contributed by atoms with van der Waals surface area (Å²) in [6, 6.07) is 11.6. The lowest BCUT2D eigenvalue weighted by atomic mass is 9.81. The van der Waals surface area contributed by atoms with Gasteiger partial charge in [0.25, 0.3) is 0 Å². The zero-order valence-corrected chi connectivity index (χ0v) is 23.1. The van der Waals surface area contributed by atoms with Gasteiger partial charge in [-0.05, 0) is 78.8 Å². The number of hydrogen-bond acceptors (Lipinski definition) is 5. The number of aromatic nitrogens is 3. The van der Waals surface area contributed by atoms with Gasteiger partial charge in [-0.15, -0.1) is 0 Å². The minimum absolute atomic E-state index is 0.250. The number of esters is 1. The van der Waals surface area contributed by atoms with Crippen LogP contribution in [0.25, 0.3) is 33.8 Å². The molecule has 206 valence electrons. The fourth-order valence-electron chi connectivity index (χ4n) is 6.48. The molecule has 0 bridgehead atoms. The second-order valence-corrected chi connectivity index (χ2v) is 10.6. The molecule has 0 atom stereocenters. The lowest BCUT2D eigenvalue weighted by Gasteiger charge is -2.24. The fraction of sp³-hybridized carbons (Fsp3) is 0.344. The summed E-state index contributed by atoms with van der Waals surface area (Å²) in [7, 11) is 3.52. The molecule has 8 heteroatoms. The Morgan fingerprint density at radius 2 is 1.88 bits per heavy atom. The molecule has 1 fully saturated rings. The minimum atomic E-state index is -0.956. The van der Waals surface area contributed by atoms with E-state index in [0.29, 0.717) is 18.2 Å². The molecule has 1 aliphatic heterocycles. The van der Waals surface area contributed by atoms with Gasteiger partial charge in [-0.2, -0.15) is 0 Å². The van der Waals surface area contributed by atoms with E-state index in [9.17, 15) is 14.7 Å². The van der Waals surface area contributed by atoms with E-state index in [4.69, 9.17) is 9.47 Å². The fourth-order valence-corrected chi connectivity index (χ4v) is 6.48. The third-order valence-electron chi connectivity index (χ3n) is 8.25. The zero-order valence-electron chi connectivity index (χ0n) is 23.1. The summed E-state index contributed by atoms with van der Waals surface area (Å²) in [5, 5.41) is 11.0. The Labute approximate surface area is 232 Å². The van der Waals surface area contributed by atoms with Crippen molar-refractivity contribution in [2.45, 2.75) is 51.5 Å². The van der Waals surface area contributed by atoms with Crippen LogP contribution in [0.15, 0.2) is 42.7 Å². The maximum Gasteiger partial charge on any atom is 0.359 e. The molecule has 40 heavy (non-hydrogen) atoms. The minimum Gasteiger partial charge on any atom is -0.497 e. The lowest BCUT2D eigenvalue weighted by Crippen LogP contribution is -2.12. The first-order chi connectivity index (χ1) is 19.4. The largest absolute Gasteiger partial charge is 0.497 e. The predicted molar refractivity (Wildman–Crippen MR) is 154 cm³/mol. The SMILES string of the molecule is CCOC(=O)c1ncn(C)c1C1=Cc2cc(OC)ccc2-c2c(C3CCCCC3)c3ccc(C(=O)O)cc3n2C1. The molecule has 3 heterocycles. The Morgan fingerprint density at radius 3 is 2.60 bits per heavy atom. The Bertz CT molecular complexity index is 1670. The lowest BCUT2D eigenvalue weighted by molar-refractivity contribution is 0.0519. The van der Waals surface area contributed by atoms with Crippen LogP contribution in [0.1, 0.15) is 82.6 Å². The highest BCUT2D eigenvalue weighted by Gasteiger charge is 2.31. The summed E-state index contributed by atoms with van der Waals surface area (Å²) in [6.07, 6.45) is 9.54. The van der Waals surface area contributed by atoms with Crippen LogP contribution in [0.3, 0.4) is 0 Å². The van der Waals surface area contributed by atoms with Crippen LogP contribution in [0.5, 0.6) is 5.75 Å². The molecular weight excluding hydrogens is 506 g/mol. The van der Waals surface area contributed by atoms with Crippen LogP contribution in [0, 0.1) is 0 Å². The summed E-state index contributed by atoms with van der Waals surface area (Å²) in [4.78, 5) is 29.4. The van der Waals surface area contributed by atoms with Crippen molar-refractivity contribution in [3.63, 3.8) is 0 Å². The molecule has 2 aliphatic rings. The molecule has 0 unspecified atom stereocenters. The number of carboxylic acids is 1. The maximum atomic E-state index is 12.9. The number of hydrogen-bond donors (Lipinski definition) is 1. The number of rotatable bonds is 6. The highest BCUT2D eigenvalue weighted by molar-refractivity contribution is 6.02. The maximum absolute atomic E-state index is 12.9. The number of ether oxygens (including phenoxy) is 2. The molecule has 6 rings (SSSR count). The van der Waals surface area contributed by atoms with Crippen LogP contribution in [0.4, 0.5) is 0 Å². The van der Waals surface area contributed by atoms with Gasteiger partial charge in [0.2, 0.25) is 0 Å². The van der Waals surface area contributed by atoms with Gasteiger partial charge in [-0.25, -0.2) is 14.6 Å². The number of aryl methyl sites for hydroxylation is 1. The molecule has 8 nitrogen and oxygen atoms in total. The summed E-state index contributed by atoms with van der Waals surface area (Å²) < 4.78 is 15.0. The van der Waals surface area contributed by atoms with Crippen molar-refractivity contribution in [2.75, 3.05) is 13.7 Å². The highest BCUT2D eigenvalue weighted by atomic mass is 16.5. The Balaban J connectivity index is 1.67. The highest BCUT2D eigenvalue weighted by Crippen LogP contribution is 2.47. The topological polar surface area (TPSA) is 95.6 Å². The van der Waals surface area contributed by atoms with Crippen LogP contribution in [0.2, 0.25) is 0 Å². The van der Waals surface area contributed by atoms with Crippen LogP contribution >= 0.6 is 0 Å². The smallest absolute Gasteiger partial charge is 0.359 e. The van der Waals surface area contributed by atoms with Crippen molar-refractivity contribution in [1.82, 2.24) is 14.1 Å². The van der Waals surface area contributed by atoms with Crippen molar-refractivity contribution in [2.24, 2.45) is 7.05 Å². The number of carbonyl (C=O) groups is 2. The molecule has 1 N–H and O–H groups in total. The Morgan fingerprint density at radius 1 is 1.07 bits per heavy atom. The molecule has 0 radical (unpaired) electrons. The third kappa shape index (κ3) is 4.28. The number of benzene rings is 2. The number of aromatic carboxylic acids is 1. The average molecular weight is 540 g/mol. The summed E-state index contributed by atoms with van der Waals surface area (Å²) >= 11 is 0. The van der Waals surface area contributed by atoms with Crippen LogP contribution in [-0.4, -0.2) is 44.9 Å². The van der Waals surface area contributed by atoms with E-state index in [2.05, 4.69) is 21.7 Å². The van der Waals surface area contributed by atoms with Gasteiger partial charge in [0.05, 0.1) is 43.5 Å². The van der Waals surface area contributed by atoms with Gasteiger partial charge >= 0.3 is 11.9 Å². The summed E-state index contributed by atoms with van der Waals surface area (Å²) in [5.41, 5.74) is 7.37. The standard InChI is InChI=1S/C32H33N3O5/c1-4-40-32(38)28-29(34(2)18-33-28)22-14-21-15-23(39-3)11-13-24(21)30-27(19-8-6-5-7-9-19)25-12-10-20(31(36)37)16-26(25)35(30)17-22/h10-16,18-19H,4-9,17H2,1-3H3,(H,36,37). The molecule has 1 saturated carbocycles. The van der Waals surface area contributed by atoms with E-state index in [0.717, 1.165) is 51.9 Å². The number of imidazole rings is 1. The predicted octanol–water partition coefficient (Wildman–Crippen LogP) is 6.53. The number of carboxylic acid groups (broad SMARTS) is 1. The van der Waals surface area contributed by atoms with E-state index in [1.54, 1.807) is 32.5 Å². The first-order valence-corrected chi connectivity index (χ1v) is 13.9. The van der Waals surface area contributed by atoms with Gasteiger partial charge < -0.3 is 23.7 Å². The van der Waals surface area contributed by atoms with E-state index in [1.165, 1.54) is 24.8 Å². The average Bonchev–Trinajstić information content (AvgIpc) is 3.45.